The molecule has 1 aromatic carbocycles. The van der Waals surface area contributed by atoms with Crippen molar-refractivity contribution in [2.75, 3.05) is 13.1 Å². The van der Waals surface area contributed by atoms with E-state index in [1.165, 1.54) is 11.3 Å². The fraction of sp³-hybridized carbons (Fsp3) is 0.280. The maximum absolute atomic E-state index is 13.2. The third kappa shape index (κ3) is 4.99. The van der Waals surface area contributed by atoms with Gasteiger partial charge in [0, 0.05) is 24.2 Å². The van der Waals surface area contributed by atoms with E-state index in [9.17, 15) is 4.79 Å². The highest BCUT2D eigenvalue weighted by Gasteiger charge is 2.23. The van der Waals surface area contributed by atoms with E-state index < -0.39 is 0 Å². The molecule has 4 rings (SSSR count). The smallest absolute Gasteiger partial charge is 0.255 e. The van der Waals surface area contributed by atoms with Gasteiger partial charge in [0.05, 0.1) is 34.8 Å². The van der Waals surface area contributed by atoms with Crippen LogP contribution in [0, 0.1) is 6.92 Å². The molecule has 0 N–H and O–H groups in total. The number of thiazole rings is 1. The van der Waals surface area contributed by atoms with Crippen LogP contribution >= 0.6 is 22.9 Å². The number of amides is 1. The summed E-state index contributed by atoms with van der Waals surface area (Å²) in [6.45, 7) is 8.10. The zero-order valence-electron chi connectivity index (χ0n) is 18.9. The number of carbonyl (C=O) groups excluding carboxylic acids is 1. The van der Waals surface area contributed by atoms with Gasteiger partial charge in [0.1, 0.15) is 23.1 Å². The lowest BCUT2D eigenvalue weighted by Gasteiger charge is -2.18. The number of benzene rings is 1. The monoisotopic (exact) mass is 483 g/mol. The molecule has 0 aliphatic carbocycles. The van der Waals surface area contributed by atoms with Crippen molar-refractivity contribution in [2.24, 2.45) is 0 Å². The highest BCUT2D eigenvalue weighted by atomic mass is 35.5. The Bertz CT molecular complexity index is 1230. The van der Waals surface area contributed by atoms with E-state index in [1.54, 1.807) is 12.3 Å². The van der Waals surface area contributed by atoms with Gasteiger partial charge in [-0.1, -0.05) is 23.7 Å². The van der Waals surface area contributed by atoms with Gasteiger partial charge in [-0.15, -0.1) is 11.3 Å². The van der Waals surface area contributed by atoms with Crippen LogP contribution in [0.1, 0.15) is 40.7 Å². The summed E-state index contributed by atoms with van der Waals surface area (Å²) in [4.78, 5) is 19.8. The molecule has 0 saturated heterocycles. The minimum absolute atomic E-state index is 0.0226. The SMILES string of the molecule is CCN(CC)C(=O)c1cc(-c2csc(COc3ccccc3Cl)n2)n(Cc2ccco2)c1C. The molecule has 33 heavy (non-hydrogen) atoms. The lowest BCUT2D eigenvalue weighted by atomic mass is 10.2. The lowest BCUT2D eigenvalue weighted by Crippen LogP contribution is -2.30. The summed E-state index contributed by atoms with van der Waals surface area (Å²) in [5.41, 5.74) is 3.24. The lowest BCUT2D eigenvalue weighted by molar-refractivity contribution is 0.0772. The average molecular weight is 484 g/mol. The molecule has 0 bridgehead atoms. The molecule has 0 atom stereocenters. The molecule has 0 saturated carbocycles. The van der Waals surface area contributed by atoms with E-state index >= 15 is 0 Å². The summed E-state index contributed by atoms with van der Waals surface area (Å²) >= 11 is 7.70. The Balaban J connectivity index is 1.65. The summed E-state index contributed by atoms with van der Waals surface area (Å²) < 4.78 is 13.5. The summed E-state index contributed by atoms with van der Waals surface area (Å²) in [7, 11) is 0. The number of aromatic nitrogens is 2. The van der Waals surface area contributed by atoms with E-state index in [0.29, 0.717) is 42.6 Å². The average Bonchev–Trinajstić information content (AvgIpc) is 3.56. The van der Waals surface area contributed by atoms with Gasteiger partial charge in [-0.3, -0.25) is 4.79 Å². The fourth-order valence-electron chi connectivity index (χ4n) is 3.71. The van der Waals surface area contributed by atoms with E-state index in [1.807, 2.05) is 67.4 Å². The second-order valence-electron chi connectivity index (χ2n) is 7.52. The van der Waals surface area contributed by atoms with E-state index in [-0.39, 0.29) is 5.91 Å². The van der Waals surface area contributed by atoms with Crippen LogP contribution in [0.2, 0.25) is 5.02 Å². The van der Waals surface area contributed by atoms with Gasteiger partial charge < -0.3 is 18.6 Å². The van der Waals surface area contributed by atoms with Gasteiger partial charge >= 0.3 is 0 Å². The maximum Gasteiger partial charge on any atom is 0.255 e. The van der Waals surface area contributed by atoms with Crippen molar-refractivity contribution in [1.29, 1.82) is 0 Å². The Morgan fingerprint density at radius 3 is 2.70 bits per heavy atom. The Morgan fingerprint density at radius 1 is 1.21 bits per heavy atom. The topological polar surface area (TPSA) is 60.5 Å². The van der Waals surface area contributed by atoms with Crippen LogP contribution < -0.4 is 4.74 Å². The van der Waals surface area contributed by atoms with E-state index in [4.69, 9.17) is 25.7 Å². The number of ether oxygens (including phenoxy) is 1. The van der Waals surface area contributed by atoms with Crippen LogP contribution in [0.3, 0.4) is 0 Å². The first-order valence-corrected chi connectivity index (χ1v) is 12.1. The van der Waals surface area contributed by atoms with Crippen molar-refractivity contribution in [3.05, 3.63) is 81.2 Å². The number of nitrogens with zero attached hydrogens (tertiary/aromatic N) is 3. The van der Waals surface area contributed by atoms with E-state index in [0.717, 1.165) is 27.8 Å². The molecular weight excluding hydrogens is 458 g/mol. The first kappa shape index (κ1) is 23.1. The molecule has 172 valence electrons. The minimum Gasteiger partial charge on any atom is -0.485 e. The molecule has 3 aromatic heterocycles. The summed E-state index contributed by atoms with van der Waals surface area (Å²) in [6, 6.07) is 13.1. The third-order valence-electron chi connectivity index (χ3n) is 5.54. The quantitative estimate of drug-likeness (QED) is 0.281. The standard InChI is InChI=1S/C25H26ClN3O3S/c1-4-28(5-2)25(30)19-13-22(29(17(19)3)14-18-9-8-12-31-18)21-16-33-24(27-21)15-32-23-11-7-6-10-20(23)26/h6-13,16H,4-5,14-15H2,1-3H3. The molecule has 0 unspecified atom stereocenters. The van der Waals surface area contributed by atoms with Gasteiger partial charge in [0.2, 0.25) is 0 Å². The second-order valence-corrected chi connectivity index (χ2v) is 8.87. The predicted molar refractivity (Wildman–Crippen MR) is 131 cm³/mol. The van der Waals surface area contributed by atoms with E-state index in [2.05, 4.69) is 4.57 Å². The van der Waals surface area contributed by atoms with Crippen LogP contribution in [0.25, 0.3) is 11.4 Å². The summed E-state index contributed by atoms with van der Waals surface area (Å²) in [6.07, 6.45) is 1.66. The Morgan fingerprint density at radius 2 is 2.00 bits per heavy atom. The molecule has 4 aromatic rings. The van der Waals surface area contributed by atoms with Gasteiger partial charge in [0.15, 0.2) is 0 Å². The van der Waals surface area contributed by atoms with Crippen molar-refractivity contribution in [2.45, 2.75) is 33.9 Å². The molecule has 0 spiro atoms. The van der Waals surface area contributed by atoms with Gasteiger partial charge in [-0.05, 0) is 51.1 Å². The summed E-state index contributed by atoms with van der Waals surface area (Å²) in [5, 5.41) is 3.38. The Labute approximate surface area is 202 Å². The molecular formula is C25H26ClN3O3S. The normalized spacial score (nSPS) is 11.0. The molecule has 6 nitrogen and oxygen atoms in total. The molecule has 3 heterocycles. The number of furan rings is 1. The molecule has 1 amide bonds. The molecule has 0 fully saturated rings. The minimum atomic E-state index is 0.0226. The van der Waals surface area contributed by atoms with Gasteiger partial charge in [-0.25, -0.2) is 4.98 Å². The number of rotatable bonds is 9. The van der Waals surface area contributed by atoms with Crippen molar-refractivity contribution in [3.8, 4) is 17.1 Å². The molecule has 0 radical (unpaired) electrons. The van der Waals surface area contributed by atoms with Gasteiger partial charge in [-0.2, -0.15) is 0 Å². The van der Waals surface area contributed by atoms with Crippen LogP contribution in [-0.4, -0.2) is 33.4 Å². The molecule has 0 aliphatic rings. The number of hydrogen-bond acceptors (Lipinski definition) is 5. The van der Waals surface area contributed by atoms with Gasteiger partial charge in [0.25, 0.3) is 5.91 Å². The predicted octanol–water partition coefficient (Wildman–Crippen LogP) is 6.28. The van der Waals surface area contributed by atoms with Crippen LogP contribution in [-0.2, 0) is 13.2 Å². The van der Waals surface area contributed by atoms with Crippen LogP contribution in [0.15, 0.2) is 58.5 Å². The third-order valence-corrected chi connectivity index (χ3v) is 6.68. The van der Waals surface area contributed by atoms with Crippen molar-refractivity contribution < 1.29 is 13.9 Å². The van der Waals surface area contributed by atoms with Crippen LogP contribution in [0.4, 0.5) is 0 Å². The molecule has 8 heteroatoms. The van der Waals surface area contributed by atoms with Crippen molar-refractivity contribution >= 4 is 28.8 Å². The zero-order chi connectivity index (χ0) is 23.4. The molecule has 0 aliphatic heterocycles. The first-order chi connectivity index (χ1) is 16.0. The highest BCUT2D eigenvalue weighted by molar-refractivity contribution is 7.09. The van der Waals surface area contributed by atoms with Crippen molar-refractivity contribution in [3.63, 3.8) is 0 Å². The summed E-state index contributed by atoms with van der Waals surface area (Å²) in [5.74, 6) is 1.46. The fourth-order valence-corrected chi connectivity index (χ4v) is 4.60. The van der Waals surface area contributed by atoms with Crippen LogP contribution in [0.5, 0.6) is 5.75 Å². The maximum atomic E-state index is 13.2. The first-order valence-electron chi connectivity index (χ1n) is 10.9. The number of halogens is 1. The number of para-hydroxylation sites is 1. The number of hydrogen-bond donors (Lipinski definition) is 0. The zero-order valence-corrected chi connectivity index (χ0v) is 20.4. The Kier molecular flexibility index (Phi) is 7.20. The van der Waals surface area contributed by atoms with Crippen molar-refractivity contribution in [1.82, 2.24) is 14.5 Å². The highest BCUT2D eigenvalue weighted by Crippen LogP contribution is 2.30. The Hall–Kier alpha value is -3.03. The number of carbonyl (C=O) groups is 1. The largest absolute Gasteiger partial charge is 0.485 e. The second kappa shape index (κ2) is 10.3.